The smallest absolute Gasteiger partial charge is 0.226 e. The highest BCUT2D eigenvalue weighted by atomic mass is 16.5. The highest BCUT2D eigenvalue weighted by Crippen LogP contribution is 2.25. The highest BCUT2D eigenvalue weighted by molar-refractivity contribution is 5.79. The van der Waals surface area contributed by atoms with Crippen LogP contribution < -0.4 is 9.80 Å². The van der Waals surface area contributed by atoms with Crippen molar-refractivity contribution in [1.29, 1.82) is 0 Å². The molecule has 0 bridgehead atoms. The van der Waals surface area contributed by atoms with Crippen LogP contribution in [0.4, 0.5) is 11.6 Å². The Morgan fingerprint density at radius 1 is 1.10 bits per heavy atom. The number of aromatic nitrogens is 2. The van der Waals surface area contributed by atoms with Crippen molar-refractivity contribution in [3.8, 4) is 0 Å². The number of nitrogens with zero attached hydrogens (tertiary/aromatic N) is 5. The zero-order valence-corrected chi connectivity index (χ0v) is 18.6. The Balaban J connectivity index is 1.41. The Morgan fingerprint density at radius 2 is 1.81 bits per heavy atom. The number of amides is 1. The lowest BCUT2D eigenvalue weighted by Crippen LogP contribution is -2.45. The van der Waals surface area contributed by atoms with Crippen LogP contribution in [0.5, 0.6) is 0 Å². The van der Waals surface area contributed by atoms with Crippen molar-refractivity contribution >= 4 is 17.5 Å². The van der Waals surface area contributed by atoms with Crippen molar-refractivity contribution in [2.45, 2.75) is 38.3 Å². The average Bonchev–Trinajstić information content (AvgIpc) is 3.32. The molecule has 3 heterocycles. The number of piperidine rings is 1. The van der Waals surface area contributed by atoms with Gasteiger partial charge in [-0.3, -0.25) is 4.79 Å². The molecule has 0 radical (unpaired) electrons. The van der Waals surface area contributed by atoms with Gasteiger partial charge in [0.25, 0.3) is 0 Å². The van der Waals surface area contributed by atoms with Gasteiger partial charge in [-0.05, 0) is 49.4 Å². The first-order chi connectivity index (χ1) is 15.1. The quantitative estimate of drug-likeness (QED) is 0.682. The Labute approximate surface area is 185 Å². The zero-order chi connectivity index (χ0) is 21.6. The van der Waals surface area contributed by atoms with Crippen molar-refractivity contribution in [3.05, 3.63) is 48.3 Å². The molecule has 0 N–H and O–H groups in total. The Kier molecular flexibility index (Phi) is 7.02. The average molecular weight is 424 g/mol. The molecule has 1 aromatic carbocycles. The number of rotatable bonds is 7. The third kappa shape index (κ3) is 5.53. The van der Waals surface area contributed by atoms with Crippen LogP contribution in [-0.2, 0) is 16.1 Å². The normalized spacial score (nSPS) is 19.4. The van der Waals surface area contributed by atoms with E-state index in [4.69, 9.17) is 4.74 Å². The fraction of sp³-hybridized carbons (Fsp3) is 0.542. The minimum atomic E-state index is 0.0439. The fourth-order valence-corrected chi connectivity index (χ4v) is 4.43. The summed E-state index contributed by atoms with van der Waals surface area (Å²) in [5.74, 6) is 1.05. The first-order valence-electron chi connectivity index (χ1n) is 11.3. The maximum absolute atomic E-state index is 13.5. The number of carbonyl (C=O) groups excluding carboxylic acids is 1. The number of ether oxygens (including phenoxy) is 1. The predicted molar refractivity (Wildman–Crippen MR) is 122 cm³/mol. The van der Waals surface area contributed by atoms with E-state index in [1.807, 2.05) is 25.1 Å². The molecule has 7 nitrogen and oxygen atoms in total. The van der Waals surface area contributed by atoms with Gasteiger partial charge in [0.15, 0.2) is 0 Å². The summed E-state index contributed by atoms with van der Waals surface area (Å²) in [6.45, 7) is 3.74. The van der Waals surface area contributed by atoms with Crippen LogP contribution in [0, 0.1) is 5.92 Å². The largest absolute Gasteiger partial charge is 0.378 e. The van der Waals surface area contributed by atoms with Crippen molar-refractivity contribution in [1.82, 2.24) is 14.9 Å². The van der Waals surface area contributed by atoms with E-state index in [9.17, 15) is 4.79 Å². The number of benzene rings is 1. The van der Waals surface area contributed by atoms with Crippen LogP contribution in [0.2, 0.25) is 0 Å². The Bertz CT molecular complexity index is 829. The van der Waals surface area contributed by atoms with Crippen LogP contribution in [0.25, 0.3) is 0 Å². The Hall–Kier alpha value is -2.67. The van der Waals surface area contributed by atoms with E-state index in [-0.39, 0.29) is 17.9 Å². The fourth-order valence-electron chi connectivity index (χ4n) is 4.43. The van der Waals surface area contributed by atoms with Crippen molar-refractivity contribution in [2.24, 2.45) is 5.92 Å². The molecule has 31 heavy (non-hydrogen) atoms. The third-order valence-corrected chi connectivity index (χ3v) is 6.27. The second-order valence-electron chi connectivity index (χ2n) is 8.72. The minimum Gasteiger partial charge on any atom is -0.378 e. The van der Waals surface area contributed by atoms with Gasteiger partial charge in [0, 0.05) is 70.9 Å². The third-order valence-electron chi connectivity index (χ3n) is 6.27. The van der Waals surface area contributed by atoms with Crippen molar-refractivity contribution < 1.29 is 9.53 Å². The molecular formula is C24H33N5O2. The van der Waals surface area contributed by atoms with Crippen LogP contribution in [0.1, 0.15) is 31.2 Å². The van der Waals surface area contributed by atoms with Gasteiger partial charge in [-0.2, -0.15) is 0 Å². The molecule has 1 amide bonds. The van der Waals surface area contributed by atoms with Gasteiger partial charge in [-0.15, -0.1) is 0 Å². The van der Waals surface area contributed by atoms with E-state index in [2.05, 4.69) is 44.0 Å². The molecular weight excluding hydrogens is 390 g/mol. The molecule has 7 heteroatoms. The molecule has 0 aliphatic carbocycles. The lowest BCUT2D eigenvalue weighted by molar-refractivity contribution is -0.138. The van der Waals surface area contributed by atoms with Crippen LogP contribution in [0.15, 0.2) is 42.7 Å². The molecule has 2 aromatic rings. The van der Waals surface area contributed by atoms with E-state index in [1.165, 1.54) is 0 Å². The molecule has 4 rings (SSSR count). The second kappa shape index (κ2) is 10.1. The standard InChI is InChI=1S/C24H33N5O2/c1-27(2)21-8-6-19(7-9-21)17-29(18-22-5-3-16-31-22)23(30)20-10-14-28(15-11-20)24-25-12-4-13-26-24/h4,6-9,12-13,20,22H,3,5,10-11,14-18H2,1-2H3. The van der Waals surface area contributed by atoms with Gasteiger partial charge in [-0.1, -0.05) is 12.1 Å². The molecule has 2 aliphatic rings. The molecule has 2 fully saturated rings. The lowest BCUT2D eigenvalue weighted by atomic mass is 9.95. The number of hydrogen-bond acceptors (Lipinski definition) is 6. The van der Waals surface area contributed by atoms with E-state index >= 15 is 0 Å². The Morgan fingerprint density at radius 3 is 2.42 bits per heavy atom. The van der Waals surface area contributed by atoms with Crippen LogP contribution in [0.3, 0.4) is 0 Å². The van der Waals surface area contributed by atoms with E-state index in [0.29, 0.717) is 13.1 Å². The summed E-state index contributed by atoms with van der Waals surface area (Å²) < 4.78 is 5.86. The van der Waals surface area contributed by atoms with Crippen LogP contribution >= 0.6 is 0 Å². The molecule has 166 valence electrons. The monoisotopic (exact) mass is 423 g/mol. The molecule has 1 aromatic heterocycles. The van der Waals surface area contributed by atoms with Crippen molar-refractivity contribution in [3.63, 3.8) is 0 Å². The minimum absolute atomic E-state index is 0.0439. The summed E-state index contributed by atoms with van der Waals surface area (Å²) >= 11 is 0. The molecule has 2 saturated heterocycles. The topological polar surface area (TPSA) is 61.8 Å². The summed E-state index contributed by atoms with van der Waals surface area (Å²) in [5, 5.41) is 0. The van der Waals surface area contributed by atoms with Gasteiger partial charge in [0.2, 0.25) is 11.9 Å². The van der Waals surface area contributed by atoms with E-state index in [0.717, 1.165) is 62.6 Å². The SMILES string of the molecule is CN(C)c1ccc(CN(CC2CCCO2)C(=O)C2CCN(c3ncccn3)CC2)cc1. The van der Waals surface area contributed by atoms with Gasteiger partial charge in [0.1, 0.15) is 0 Å². The number of carbonyl (C=O) groups is 1. The molecule has 0 spiro atoms. The molecule has 1 unspecified atom stereocenters. The van der Waals surface area contributed by atoms with E-state index in [1.54, 1.807) is 12.4 Å². The molecule has 2 aliphatic heterocycles. The maximum atomic E-state index is 13.5. The molecule has 0 saturated carbocycles. The first kappa shape index (κ1) is 21.6. The molecule has 1 atom stereocenters. The summed E-state index contributed by atoms with van der Waals surface area (Å²) in [5.41, 5.74) is 2.32. The van der Waals surface area contributed by atoms with Gasteiger partial charge < -0.3 is 19.4 Å². The summed E-state index contributed by atoms with van der Waals surface area (Å²) in [6.07, 6.45) is 7.47. The predicted octanol–water partition coefficient (Wildman–Crippen LogP) is 2.97. The number of anilines is 2. The van der Waals surface area contributed by atoms with Crippen molar-refractivity contribution in [2.75, 3.05) is 50.1 Å². The van der Waals surface area contributed by atoms with Gasteiger partial charge in [-0.25, -0.2) is 9.97 Å². The summed E-state index contributed by atoms with van der Waals surface area (Å²) in [4.78, 5) is 28.5. The number of hydrogen-bond donors (Lipinski definition) is 0. The van der Waals surface area contributed by atoms with Crippen LogP contribution in [-0.4, -0.2) is 67.2 Å². The van der Waals surface area contributed by atoms with E-state index < -0.39 is 0 Å². The lowest BCUT2D eigenvalue weighted by Gasteiger charge is -2.35. The van der Waals surface area contributed by atoms with Gasteiger partial charge >= 0.3 is 0 Å². The summed E-state index contributed by atoms with van der Waals surface area (Å²) in [6, 6.07) is 10.3. The zero-order valence-electron chi connectivity index (χ0n) is 18.6. The second-order valence-corrected chi connectivity index (χ2v) is 8.72. The van der Waals surface area contributed by atoms with Gasteiger partial charge in [0.05, 0.1) is 6.10 Å². The summed E-state index contributed by atoms with van der Waals surface area (Å²) in [7, 11) is 4.07. The highest BCUT2D eigenvalue weighted by Gasteiger charge is 2.31. The first-order valence-corrected chi connectivity index (χ1v) is 11.3. The maximum Gasteiger partial charge on any atom is 0.226 e.